The van der Waals surface area contributed by atoms with Gasteiger partial charge in [0.2, 0.25) is 0 Å². The molecule has 0 unspecified atom stereocenters. The Bertz CT molecular complexity index is 687. The van der Waals surface area contributed by atoms with Crippen molar-refractivity contribution in [2.24, 2.45) is 0 Å². The van der Waals surface area contributed by atoms with Gasteiger partial charge in [-0.1, -0.05) is 0 Å². The fraction of sp³-hybridized carbons (Fsp3) is 0.438. The number of hydrogen-bond donors (Lipinski definition) is 3. The van der Waals surface area contributed by atoms with Gasteiger partial charge in [0.05, 0.1) is 24.3 Å². The van der Waals surface area contributed by atoms with Crippen LogP contribution >= 0.6 is 0 Å². The third-order valence-electron chi connectivity index (χ3n) is 4.20. The van der Waals surface area contributed by atoms with Crippen LogP contribution in [0.1, 0.15) is 46.7 Å². The molecule has 0 saturated heterocycles. The standard InChI is InChI=1S/C16H20N4O4/c1-23-11-6-4-10(5-7-11)18-16(22)14-12(9-17-20-14)19-15(21)13-3-2-8-24-13/h2-3,8-11H,4-7H2,1H3,(H,17,20)(H,18,22)(H,19,21). The lowest BCUT2D eigenvalue weighted by Gasteiger charge is -2.28. The molecule has 2 heterocycles. The van der Waals surface area contributed by atoms with Gasteiger partial charge in [-0.05, 0) is 37.8 Å². The highest BCUT2D eigenvalue weighted by atomic mass is 16.5. The SMILES string of the molecule is COC1CCC(NC(=O)c2[nH]ncc2NC(=O)c2ccco2)CC1. The number of H-pyrrole nitrogens is 1. The number of rotatable bonds is 5. The molecule has 1 aliphatic rings. The van der Waals surface area contributed by atoms with Crippen molar-refractivity contribution in [3.8, 4) is 0 Å². The van der Waals surface area contributed by atoms with Gasteiger partial charge in [0.15, 0.2) is 5.76 Å². The number of anilines is 1. The maximum absolute atomic E-state index is 12.4. The number of nitrogens with one attached hydrogen (secondary N) is 3. The van der Waals surface area contributed by atoms with Crippen LogP contribution in [0.25, 0.3) is 0 Å². The molecule has 0 bridgehead atoms. The second-order valence-electron chi connectivity index (χ2n) is 5.77. The van der Waals surface area contributed by atoms with Crippen molar-refractivity contribution >= 4 is 17.5 Å². The lowest BCUT2D eigenvalue weighted by Crippen LogP contribution is -2.39. The van der Waals surface area contributed by atoms with E-state index < -0.39 is 5.91 Å². The predicted octanol–water partition coefficient (Wildman–Crippen LogP) is 1.94. The molecular formula is C16H20N4O4. The lowest BCUT2D eigenvalue weighted by molar-refractivity contribution is 0.0598. The van der Waals surface area contributed by atoms with E-state index in [1.807, 2.05) is 0 Å². The average molecular weight is 332 g/mol. The number of hydrogen-bond acceptors (Lipinski definition) is 5. The number of methoxy groups -OCH3 is 1. The minimum atomic E-state index is -0.434. The summed E-state index contributed by atoms with van der Waals surface area (Å²) in [6.45, 7) is 0. The molecule has 8 heteroatoms. The maximum Gasteiger partial charge on any atom is 0.291 e. The Kier molecular flexibility index (Phi) is 4.95. The molecule has 0 aliphatic heterocycles. The van der Waals surface area contributed by atoms with E-state index in [1.54, 1.807) is 19.2 Å². The van der Waals surface area contributed by atoms with Gasteiger partial charge in [0.25, 0.3) is 11.8 Å². The van der Waals surface area contributed by atoms with Crippen molar-refractivity contribution in [2.45, 2.75) is 37.8 Å². The number of furan rings is 1. The van der Waals surface area contributed by atoms with E-state index in [0.29, 0.717) is 5.69 Å². The summed E-state index contributed by atoms with van der Waals surface area (Å²) in [6.07, 6.45) is 6.66. The average Bonchev–Trinajstić information content (AvgIpc) is 3.27. The number of ether oxygens (including phenoxy) is 1. The molecule has 3 rings (SSSR count). The molecule has 0 radical (unpaired) electrons. The molecule has 2 amide bonds. The molecule has 0 spiro atoms. The molecule has 128 valence electrons. The summed E-state index contributed by atoms with van der Waals surface area (Å²) < 4.78 is 10.4. The Balaban J connectivity index is 1.60. The number of aromatic amines is 1. The van der Waals surface area contributed by atoms with E-state index >= 15 is 0 Å². The summed E-state index contributed by atoms with van der Waals surface area (Å²) in [6, 6.07) is 3.26. The van der Waals surface area contributed by atoms with E-state index in [2.05, 4.69) is 20.8 Å². The largest absolute Gasteiger partial charge is 0.459 e. The topological polar surface area (TPSA) is 109 Å². The number of nitrogens with zero attached hydrogens (tertiary/aromatic N) is 1. The number of amides is 2. The molecule has 8 nitrogen and oxygen atoms in total. The van der Waals surface area contributed by atoms with Crippen LogP contribution in [-0.2, 0) is 4.74 Å². The Morgan fingerprint density at radius 2 is 2.08 bits per heavy atom. The minimum absolute atomic E-state index is 0.0980. The van der Waals surface area contributed by atoms with Crippen molar-refractivity contribution < 1.29 is 18.7 Å². The molecule has 0 aromatic carbocycles. The van der Waals surface area contributed by atoms with Crippen LogP contribution in [0.4, 0.5) is 5.69 Å². The van der Waals surface area contributed by atoms with Gasteiger partial charge in [-0.2, -0.15) is 5.10 Å². The van der Waals surface area contributed by atoms with Gasteiger partial charge >= 0.3 is 0 Å². The van der Waals surface area contributed by atoms with Crippen LogP contribution < -0.4 is 10.6 Å². The highest BCUT2D eigenvalue weighted by Gasteiger charge is 2.24. The predicted molar refractivity (Wildman–Crippen MR) is 85.8 cm³/mol. The van der Waals surface area contributed by atoms with Gasteiger partial charge < -0.3 is 19.8 Å². The number of carbonyl (C=O) groups excluding carboxylic acids is 2. The first-order valence-electron chi connectivity index (χ1n) is 7.89. The third-order valence-corrected chi connectivity index (χ3v) is 4.20. The zero-order chi connectivity index (χ0) is 16.9. The summed E-state index contributed by atoms with van der Waals surface area (Å²) in [5.41, 5.74) is 0.545. The van der Waals surface area contributed by atoms with Gasteiger partial charge in [-0.3, -0.25) is 14.7 Å². The van der Waals surface area contributed by atoms with Crippen molar-refractivity contribution in [1.29, 1.82) is 0 Å². The van der Waals surface area contributed by atoms with Crippen molar-refractivity contribution in [1.82, 2.24) is 15.5 Å². The van der Waals surface area contributed by atoms with E-state index in [-0.39, 0.29) is 29.5 Å². The van der Waals surface area contributed by atoms with E-state index in [4.69, 9.17) is 9.15 Å². The number of aromatic nitrogens is 2. The van der Waals surface area contributed by atoms with E-state index in [1.165, 1.54) is 12.5 Å². The summed E-state index contributed by atoms with van der Waals surface area (Å²) in [5.74, 6) is -0.556. The quantitative estimate of drug-likeness (QED) is 0.775. The summed E-state index contributed by atoms with van der Waals surface area (Å²) in [5, 5.41) is 12.1. The van der Waals surface area contributed by atoms with Crippen molar-refractivity contribution in [3.63, 3.8) is 0 Å². The Morgan fingerprint density at radius 3 is 2.75 bits per heavy atom. The zero-order valence-corrected chi connectivity index (χ0v) is 13.4. The van der Waals surface area contributed by atoms with Crippen LogP contribution in [0.15, 0.2) is 29.0 Å². The van der Waals surface area contributed by atoms with Crippen LogP contribution in [-0.4, -0.2) is 41.3 Å². The first-order valence-corrected chi connectivity index (χ1v) is 7.89. The molecule has 0 atom stereocenters. The van der Waals surface area contributed by atoms with Crippen LogP contribution in [0, 0.1) is 0 Å². The van der Waals surface area contributed by atoms with E-state index in [0.717, 1.165) is 25.7 Å². The monoisotopic (exact) mass is 332 g/mol. The molecule has 2 aromatic rings. The first-order chi connectivity index (χ1) is 11.7. The molecular weight excluding hydrogens is 312 g/mol. The normalized spacial score (nSPS) is 20.5. The molecule has 1 fully saturated rings. The smallest absolute Gasteiger partial charge is 0.291 e. The lowest BCUT2D eigenvalue weighted by atomic mass is 9.93. The van der Waals surface area contributed by atoms with Crippen LogP contribution in [0.5, 0.6) is 0 Å². The van der Waals surface area contributed by atoms with Crippen molar-refractivity contribution in [3.05, 3.63) is 36.0 Å². The van der Waals surface area contributed by atoms with Gasteiger partial charge in [-0.15, -0.1) is 0 Å². The van der Waals surface area contributed by atoms with Crippen LogP contribution in [0.3, 0.4) is 0 Å². The fourth-order valence-electron chi connectivity index (χ4n) is 2.85. The Morgan fingerprint density at radius 1 is 1.29 bits per heavy atom. The first kappa shape index (κ1) is 16.3. The maximum atomic E-state index is 12.4. The summed E-state index contributed by atoms with van der Waals surface area (Å²) >= 11 is 0. The summed E-state index contributed by atoms with van der Waals surface area (Å²) in [7, 11) is 1.71. The highest BCUT2D eigenvalue weighted by Crippen LogP contribution is 2.21. The molecule has 3 N–H and O–H groups in total. The Hall–Kier alpha value is -2.61. The van der Waals surface area contributed by atoms with Gasteiger partial charge in [-0.25, -0.2) is 0 Å². The molecule has 24 heavy (non-hydrogen) atoms. The highest BCUT2D eigenvalue weighted by molar-refractivity contribution is 6.06. The third kappa shape index (κ3) is 3.65. The molecule has 1 aliphatic carbocycles. The minimum Gasteiger partial charge on any atom is -0.459 e. The zero-order valence-electron chi connectivity index (χ0n) is 13.4. The molecule has 1 saturated carbocycles. The second kappa shape index (κ2) is 7.31. The van der Waals surface area contributed by atoms with E-state index in [9.17, 15) is 9.59 Å². The summed E-state index contributed by atoms with van der Waals surface area (Å²) in [4.78, 5) is 24.4. The van der Waals surface area contributed by atoms with Gasteiger partial charge in [0.1, 0.15) is 5.69 Å². The van der Waals surface area contributed by atoms with Gasteiger partial charge in [0, 0.05) is 13.2 Å². The van der Waals surface area contributed by atoms with Crippen molar-refractivity contribution in [2.75, 3.05) is 12.4 Å². The van der Waals surface area contributed by atoms with Crippen LogP contribution in [0.2, 0.25) is 0 Å². The Labute approximate surface area is 138 Å². The fourth-order valence-corrected chi connectivity index (χ4v) is 2.85. The molecule has 2 aromatic heterocycles. The number of carbonyl (C=O) groups is 2. The second-order valence-corrected chi connectivity index (χ2v) is 5.77.